The molecular weight excluding hydrogens is 251 g/mol. The Morgan fingerprint density at radius 2 is 2.00 bits per heavy atom. The Bertz CT molecular complexity index is 319. The maximum Gasteiger partial charge on any atom is 0.170 e. The highest BCUT2D eigenvalue weighted by Gasteiger charge is 2.16. The van der Waals surface area contributed by atoms with Crippen molar-refractivity contribution in [2.75, 3.05) is 12.5 Å². The molecule has 2 nitrogen and oxygen atoms in total. The molecule has 1 aromatic carbocycles. The molecule has 0 atom stereocenters. The molecule has 1 rings (SSSR count). The van der Waals surface area contributed by atoms with Gasteiger partial charge in [-0.15, -0.1) is 0 Å². The molecule has 0 aromatic heterocycles. The Labute approximate surface area is 80.9 Å². The van der Waals surface area contributed by atoms with Gasteiger partial charge in [0.25, 0.3) is 0 Å². The first-order valence-electron chi connectivity index (χ1n) is 3.21. The molecule has 0 radical (unpaired) electrons. The number of hydrogen-bond acceptors (Lipinski definition) is 2. The number of rotatable bonds is 2. The van der Waals surface area contributed by atoms with Crippen molar-refractivity contribution in [1.82, 2.24) is 0 Å². The van der Waals surface area contributed by atoms with E-state index in [1.165, 1.54) is 13.2 Å². The van der Waals surface area contributed by atoms with E-state index >= 15 is 0 Å². The second kappa shape index (κ2) is 3.87. The summed E-state index contributed by atoms with van der Waals surface area (Å²) in [4.78, 5) is 0. The molecule has 0 aliphatic rings. The molecule has 6 heteroatoms. The lowest BCUT2D eigenvalue weighted by atomic mass is 10.3. The summed E-state index contributed by atoms with van der Waals surface area (Å²) in [6.45, 7) is 0. The lowest BCUT2D eigenvalue weighted by Gasteiger charge is -2.08. The van der Waals surface area contributed by atoms with E-state index in [1.54, 1.807) is 0 Å². The van der Waals surface area contributed by atoms with Crippen molar-refractivity contribution in [2.24, 2.45) is 0 Å². The van der Waals surface area contributed by atoms with Gasteiger partial charge in [0, 0.05) is 0 Å². The van der Waals surface area contributed by atoms with Crippen LogP contribution in [0, 0.1) is 5.82 Å². The predicted octanol–water partition coefficient (Wildman–Crippen LogP) is 3.17. The van der Waals surface area contributed by atoms with Crippen molar-refractivity contribution >= 4 is 21.6 Å². The van der Waals surface area contributed by atoms with Crippen LogP contribution in [0.5, 0.6) is 5.75 Å². The third kappa shape index (κ3) is 1.88. The number of hydrogen-bond donors (Lipinski definition) is 0. The monoisotopic (exact) mass is 255 g/mol. The van der Waals surface area contributed by atoms with Crippen LogP contribution in [0.25, 0.3) is 0 Å². The lowest BCUT2D eigenvalue weighted by Crippen LogP contribution is -2.00. The number of nitrogens with zero attached hydrogens (tertiary/aromatic N) is 1. The van der Waals surface area contributed by atoms with E-state index in [1.807, 2.05) is 0 Å². The van der Waals surface area contributed by atoms with E-state index in [0.717, 1.165) is 6.07 Å². The smallest absolute Gasteiger partial charge is 0.170 e. The van der Waals surface area contributed by atoms with Gasteiger partial charge in [0.1, 0.15) is 11.4 Å². The molecule has 0 saturated carbocycles. The van der Waals surface area contributed by atoms with Crippen molar-refractivity contribution in [3.63, 3.8) is 0 Å². The van der Waals surface area contributed by atoms with Gasteiger partial charge in [-0.2, -0.15) is 0 Å². The van der Waals surface area contributed by atoms with Crippen LogP contribution in [0.2, 0.25) is 0 Å². The SMILES string of the molecule is COc1ccc(N(F)F)c(F)c1Br. The Morgan fingerprint density at radius 1 is 1.38 bits per heavy atom. The standard InChI is InChI=1S/C7H5BrF3NO/c1-13-5-3-2-4(12(10)11)7(9)6(5)8/h2-3H,1H3. The molecule has 0 amide bonds. The molecule has 0 N–H and O–H groups in total. The third-order valence-corrected chi connectivity index (χ3v) is 2.17. The van der Waals surface area contributed by atoms with Crippen molar-refractivity contribution in [2.45, 2.75) is 0 Å². The molecule has 0 saturated heterocycles. The summed E-state index contributed by atoms with van der Waals surface area (Å²) in [6, 6.07) is 2.17. The van der Waals surface area contributed by atoms with Crippen LogP contribution in [0.15, 0.2) is 16.6 Å². The Morgan fingerprint density at radius 3 is 2.46 bits per heavy atom. The van der Waals surface area contributed by atoms with Gasteiger partial charge in [-0.25, -0.2) is 4.39 Å². The Balaban J connectivity index is 3.23. The second-order valence-electron chi connectivity index (χ2n) is 2.15. The fourth-order valence-corrected chi connectivity index (χ4v) is 1.31. The zero-order chi connectivity index (χ0) is 10.0. The van der Waals surface area contributed by atoms with Crippen molar-refractivity contribution in [3.8, 4) is 5.75 Å². The third-order valence-electron chi connectivity index (χ3n) is 1.43. The van der Waals surface area contributed by atoms with Crippen LogP contribution in [0.3, 0.4) is 0 Å². The fourth-order valence-electron chi connectivity index (χ4n) is 0.810. The van der Waals surface area contributed by atoms with Gasteiger partial charge in [-0.3, -0.25) is 0 Å². The molecule has 0 unspecified atom stereocenters. The van der Waals surface area contributed by atoms with Crippen LogP contribution < -0.4 is 10.1 Å². The van der Waals surface area contributed by atoms with Crippen LogP contribution in [0.1, 0.15) is 0 Å². The maximum atomic E-state index is 13.1. The molecule has 0 aliphatic carbocycles. The minimum atomic E-state index is -1.29. The average Bonchev–Trinajstić information content (AvgIpc) is 2.09. The summed E-state index contributed by atoms with van der Waals surface area (Å²) in [6.07, 6.45) is 0. The summed E-state index contributed by atoms with van der Waals surface area (Å²) < 4.78 is 41.6. The van der Waals surface area contributed by atoms with Crippen LogP contribution in [0.4, 0.5) is 19.0 Å². The zero-order valence-electron chi connectivity index (χ0n) is 6.52. The van der Waals surface area contributed by atoms with E-state index < -0.39 is 16.8 Å². The summed E-state index contributed by atoms with van der Waals surface area (Å²) in [5.41, 5.74) is -0.798. The highest BCUT2D eigenvalue weighted by Crippen LogP contribution is 2.34. The van der Waals surface area contributed by atoms with Gasteiger partial charge in [-0.1, -0.05) is 8.96 Å². The topological polar surface area (TPSA) is 12.5 Å². The fraction of sp³-hybridized carbons (Fsp3) is 0.143. The summed E-state index contributed by atoms with van der Waals surface area (Å²) in [5, 5.41) is -1.29. The second-order valence-corrected chi connectivity index (χ2v) is 2.94. The van der Waals surface area contributed by atoms with E-state index in [-0.39, 0.29) is 10.2 Å². The number of ether oxygens (including phenoxy) is 1. The maximum absolute atomic E-state index is 13.1. The van der Waals surface area contributed by atoms with Crippen LogP contribution in [-0.4, -0.2) is 7.11 Å². The van der Waals surface area contributed by atoms with Gasteiger partial charge in [0.05, 0.1) is 11.6 Å². The Kier molecular flexibility index (Phi) is 3.02. The van der Waals surface area contributed by atoms with Gasteiger partial charge in [-0.05, 0) is 33.4 Å². The number of halogens is 4. The number of anilines is 1. The van der Waals surface area contributed by atoms with Gasteiger partial charge in [0.2, 0.25) is 0 Å². The molecular formula is C7H5BrF3NO. The average molecular weight is 256 g/mol. The lowest BCUT2D eigenvalue weighted by molar-refractivity contribution is 0.230. The predicted molar refractivity (Wildman–Crippen MR) is 45.3 cm³/mol. The largest absolute Gasteiger partial charge is 0.495 e. The van der Waals surface area contributed by atoms with E-state index in [2.05, 4.69) is 15.9 Å². The quantitative estimate of drug-likeness (QED) is 0.753. The molecule has 13 heavy (non-hydrogen) atoms. The molecule has 0 fully saturated rings. The first kappa shape index (κ1) is 10.2. The molecule has 0 bridgehead atoms. The minimum absolute atomic E-state index is 0.118. The van der Waals surface area contributed by atoms with Crippen LogP contribution in [-0.2, 0) is 0 Å². The molecule has 0 spiro atoms. The van der Waals surface area contributed by atoms with Gasteiger partial charge >= 0.3 is 0 Å². The normalized spacial score (nSPS) is 9.92. The van der Waals surface area contributed by atoms with E-state index in [9.17, 15) is 13.4 Å². The van der Waals surface area contributed by atoms with Gasteiger partial charge in [0.15, 0.2) is 5.82 Å². The van der Waals surface area contributed by atoms with Crippen LogP contribution >= 0.6 is 15.9 Å². The molecule has 72 valence electrons. The van der Waals surface area contributed by atoms with Crippen molar-refractivity contribution in [3.05, 3.63) is 22.4 Å². The van der Waals surface area contributed by atoms with E-state index in [0.29, 0.717) is 0 Å². The highest BCUT2D eigenvalue weighted by molar-refractivity contribution is 9.10. The Hall–Kier alpha value is -0.910. The molecule has 0 heterocycles. The van der Waals surface area contributed by atoms with E-state index in [4.69, 9.17) is 4.74 Å². The first-order valence-corrected chi connectivity index (χ1v) is 4.01. The summed E-state index contributed by atoms with van der Waals surface area (Å²) in [5.74, 6) is -0.882. The summed E-state index contributed by atoms with van der Waals surface area (Å²) >= 11 is 2.80. The molecule has 1 aromatic rings. The summed E-state index contributed by atoms with van der Waals surface area (Å²) in [7, 11) is 1.32. The molecule has 0 aliphatic heterocycles. The highest BCUT2D eigenvalue weighted by atomic mass is 79.9. The van der Waals surface area contributed by atoms with Crippen molar-refractivity contribution in [1.29, 1.82) is 0 Å². The van der Waals surface area contributed by atoms with Crippen molar-refractivity contribution < 1.29 is 18.1 Å². The first-order chi connectivity index (χ1) is 6.07. The van der Waals surface area contributed by atoms with Gasteiger partial charge < -0.3 is 4.74 Å². The number of methoxy groups -OCH3 is 1. The number of benzene rings is 1. The zero-order valence-corrected chi connectivity index (χ0v) is 8.11. The minimum Gasteiger partial charge on any atom is -0.495 e.